The van der Waals surface area contributed by atoms with Crippen molar-refractivity contribution >= 4 is 23.6 Å². The number of carbonyl (C=O) groups excluding carboxylic acids is 2. The molecule has 2 saturated heterocycles. The molecule has 2 heterocycles. The van der Waals surface area contributed by atoms with Crippen LogP contribution in [0, 0.1) is 5.92 Å². The average molecular weight is 359 g/mol. The first-order chi connectivity index (χ1) is 12.5. The highest BCUT2D eigenvalue weighted by Gasteiger charge is 2.28. The molecule has 2 atom stereocenters. The van der Waals surface area contributed by atoms with Gasteiger partial charge in [0.05, 0.1) is 12.0 Å². The molecule has 3 amide bonds. The van der Waals surface area contributed by atoms with E-state index in [4.69, 9.17) is 5.11 Å². The number of aliphatic carboxylic acids is 1. The van der Waals surface area contributed by atoms with Gasteiger partial charge in [-0.1, -0.05) is 12.1 Å². The number of carboxylic acids is 1. The van der Waals surface area contributed by atoms with Gasteiger partial charge in [0, 0.05) is 31.7 Å². The lowest BCUT2D eigenvalue weighted by atomic mass is 9.98. The Balaban J connectivity index is 1.58. The van der Waals surface area contributed by atoms with Crippen molar-refractivity contribution in [1.82, 2.24) is 10.2 Å². The number of benzene rings is 1. The van der Waals surface area contributed by atoms with Crippen molar-refractivity contribution in [1.29, 1.82) is 0 Å². The zero-order valence-corrected chi connectivity index (χ0v) is 15.0. The Labute approximate surface area is 153 Å². The first kappa shape index (κ1) is 18.2. The van der Waals surface area contributed by atoms with Gasteiger partial charge in [0.2, 0.25) is 5.91 Å². The van der Waals surface area contributed by atoms with Crippen molar-refractivity contribution in [2.45, 2.75) is 38.6 Å². The zero-order valence-electron chi connectivity index (χ0n) is 15.0. The third kappa shape index (κ3) is 3.98. The molecular formula is C19H25N3O4. The second kappa shape index (κ2) is 7.76. The van der Waals surface area contributed by atoms with Gasteiger partial charge in [-0.15, -0.1) is 0 Å². The fourth-order valence-electron chi connectivity index (χ4n) is 3.59. The van der Waals surface area contributed by atoms with Gasteiger partial charge in [0.15, 0.2) is 0 Å². The second-order valence-corrected chi connectivity index (χ2v) is 7.04. The van der Waals surface area contributed by atoms with Gasteiger partial charge in [0.1, 0.15) is 0 Å². The average Bonchev–Trinajstić information content (AvgIpc) is 3.07. The van der Waals surface area contributed by atoms with E-state index in [1.165, 1.54) is 0 Å². The number of nitrogens with zero attached hydrogens (tertiary/aromatic N) is 2. The van der Waals surface area contributed by atoms with Crippen molar-refractivity contribution in [3.8, 4) is 0 Å². The molecule has 140 valence electrons. The van der Waals surface area contributed by atoms with E-state index in [2.05, 4.69) is 5.32 Å². The molecule has 0 aromatic heterocycles. The highest BCUT2D eigenvalue weighted by molar-refractivity contribution is 5.95. The van der Waals surface area contributed by atoms with Crippen molar-refractivity contribution in [3.63, 3.8) is 0 Å². The number of likely N-dealkylation sites (tertiary alicyclic amines) is 1. The fraction of sp³-hybridized carbons (Fsp3) is 0.526. The summed E-state index contributed by atoms with van der Waals surface area (Å²) in [5.74, 6) is -1.18. The summed E-state index contributed by atoms with van der Waals surface area (Å²) in [7, 11) is 0. The number of carboxylic acid groups (broad SMARTS) is 1. The number of urea groups is 1. The van der Waals surface area contributed by atoms with E-state index >= 15 is 0 Å². The van der Waals surface area contributed by atoms with Crippen LogP contribution in [0.25, 0.3) is 0 Å². The Kier molecular flexibility index (Phi) is 5.44. The molecule has 2 aliphatic rings. The predicted octanol–water partition coefficient (Wildman–Crippen LogP) is 2.38. The van der Waals surface area contributed by atoms with Crippen molar-refractivity contribution in [2.24, 2.45) is 5.92 Å². The number of amides is 3. The molecule has 7 heteroatoms. The lowest BCUT2D eigenvalue weighted by Gasteiger charge is -2.31. The molecule has 0 aliphatic carbocycles. The second-order valence-electron chi connectivity index (χ2n) is 7.04. The smallest absolute Gasteiger partial charge is 0.317 e. The first-order valence-electron chi connectivity index (χ1n) is 9.14. The molecule has 1 aromatic rings. The highest BCUT2D eigenvalue weighted by atomic mass is 16.4. The van der Waals surface area contributed by atoms with E-state index in [0.717, 1.165) is 24.2 Å². The molecule has 3 rings (SSSR count). The Morgan fingerprint density at radius 1 is 1.19 bits per heavy atom. The number of nitrogens with one attached hydrogen (secondary N) is 1. The molecule has 2 unspecified atom stereocenters. The van der Waals surface area contributed by atoms with Gasteiger partial charge in [0.25, 0.3) is 0 Å². The SMILES string of the molecule is CC(NC(=O)N1CCCC(C(=O)O)C1)c1ccc(N2CCCC2=O)cc1. The van der Waals surface area contributed by atoms with Gasteiger partial charge in [-0.2, -0.15) is 0 Å². The van der Waals surface area contributed by atoms with Crippen LogP contribution in [-0.2, 0) is 9.59 Å². The fourth-order valence-corrected chi connectivity index (χ4v) is 3.59. The van der Waals surface area contributed by atoms with Crippen LogP contribution < -0.4 is 10.2 Å². The maximum atomic E-state index is 12.4. The zero-order chi connectivity index (χ0) is 18.7. The third-order valence-corrected chi connectivity index (χ3v) is 5.18. The maximum absolute atomic E-state index is 12.4. The molecule has 0 spiro atoms. The topological polar surface area (TPSA) is 89.9 Å². The van der Waals surface area contributed by atoms with Crippen LogP contribution in [0.3, 0.4) is 0 Å². The molecule has 0 saturated carbocycles. The summed E-state index contributed by atoms with van der Waals surface area (Å²) in [5.41, 5.74) is 1.83. The van der Waals surface area contributed by atoms with Crippen LogP contribution in [0.4, 0.5) is 10.5 Å². The summed E-state index contributed by atoms with van der Waals surface area (Å²) < 4.78 is 0. The summed E-state index contributed by atoms with van der Waals surface area (Å²) in [6, 6.07) is 7.22. The quantitative estimate of drug-likeness (QED) is 0.864. The minimum absolute atomic E-state index is 0.150. The standard InChI is InChI=1S/C19H25N3O4/c1-13(20-19(26)21-10-2-4-15(12-21)18(24)25)14-6-8-16(9-7-14)22-11-3-5-17(22)23/h6-9,13,15H,2-5,10-12H2,1H3,(H,20,26)(H,24,25). The molecule has 2 aliphatic heterocycles. The molecule has 2 fully saturated rings. The number of hydrogen-bond acceptors (Lipinski definition) is 3. The van der Waals surface area contributed by atoms with E-state index in [1.807, 2.05) is 31.2 Å². The third-order valence-electron chi connectivity index (χ3n) is 5.18. The monoisotopic (exact) mass is 359 g/mol. The summed E-state index contributed by atoms with van der Waals surface area (Å²) in [6.07, 6.45) is 2.81. The lowest BCUT2D eigenvalue weighted by Crippen LogP contribution is -2.47. The largest absolute Gasteiger partial charge is 0.481 e. The summed E-state index contributed by atoms with van der Waals surface area (Å²) in [6.45, 7) is 3.49. The number of carbonyl (C=O) groups is 3. The molecule has 0 radical (unpaired) electrons. The minimum atomic E-state index is -0.845. The maximum Gasteiger partial charge on any atom is 0.317 e. The van der Waals surface area contributed by atoms with E-state index in [-0.39, 0.29) is 24.5 Å². The summed E-state index contributed by atoms with van der Waals surface area (Å²) in [4.78, 5) is 38.8. The lowest BCUT2D eigenvalue weighted by molar-refractivity contribution is -0.143. The number of rotatable bonds is 4. The van der Waals surface area contributed by atoms with Crippen LogP contribution in [-0.4, -0.2) is 47.5 Å². The van der Waals surface area contributed by atoms with E-state index in [1.54, 1.807) is 9.80 Å². The van der Waals surface area contributed by atoms with Crippen molar-refractivity contribution in [2.75, 3.05) is 24.5 Å². The summed E-state index contributed by atoms with van der Waals surface area (Å²) in [5, 5.41) is 12.1. The van der Waals surface area contributed by atoms with Gasteiger partial charge < -0.3 is 20.2 Å². The van der Waals surface area contributed by atoms with Crippen LogP contribution in [0.2, 0.25) is 0 Å². The van der Waals surface area contributed by atoms with Gasteiger partial charge >= 0.3 is 12.0 Å². The first-order valence-corrected chi connectivity index (χ1v) is 9.14. The molecule has 26 heavy (non-hydrogen) atoms. The van der Waals surface area contributed by atoms with Gasteiger partial charge in [-0.3, -0.25) is 9.59 Å². The Hall–Kier alpha value is -2.57. The Bertz CT molecular complexity index is 689. The number of anilines is 1. The van der Waals surface area contributed by atoms with Crippen molar-refractivity contribution < 1.29 is 19.5 Å². The molecule has 1 aromatic carbocycles. The minimum Gasteiger partial charge on any atom is -0.481 e. The highest BCUT2D eigenvalue weighted by Crippen LogP contribution is 2.24. The molecule has 0 bridgehead atoms. The van der Waals surface area contributed by atoms with E-state index in [0.29, 0.717) is 25.8 Å². The Morgan fingerprint density at radius 2 is 1.92 bits per heavy atom. The number of hydrogen-bond donors (Lipinski definition) is 2. The van der Waals surface area contributed by atoms with Crippen molar-refractivity contribution in [3.05, 3.63) is 29.8 Å². The predicted molar refractivity (Wildman–Crippen MR) is 96.9 cm³/mol. The van der Waals surface area contributed by atoms with Crippen LogP contribution >= 0.6 is 0 Å². The van der Waals surface area contributed by atoms with E-state index < -0.39 is 11.9 Å². The van der Waals surface area contributed by atoms with Gasteiger partial charge in [-0.05, 0) is 43.9 Å². The van der Waals surface area contributed by atoms with Gasteiger partial charge in [-0.25, -0.2) is 4.79 Å². The Morgan fingerprint density at radius 3 is 2.54 bits per heavy atom. The van der Waals surface area contributed by atoms with Crippen LogP contribution in [0.15, 0.2) is 24.3 Å². The molecule has 2 N–H and O–H groups in total. The molecule has 7 nitrogen and oxygen atoms in total. The number of piperidine rings is 1. The van der Waals surface area contributed by atoms with E-state index in [9.17, 15) is 14.4 Å². The van der Waals surface area contributed by atoms with Crippen LogP contribution in [0.5, 0.6) is 0 Å². The normalized spacial score (nSPS) is 21.6. The van der Waals surface area contributed by atoms with Crippen LogP contribution in [0.1, 0.15) is 44.2 Å². The molecular weight excluding hydrogens is 334 g/mol. The summed E-state index contributed by atoms with van der Waals surface area (Å²) >= 11 is 0.